The van der Waals surface area contributed by atoms with E-state index in [0.29, 0.717) is 30.0 Å². The third-order valence-corrected chi connectivity index (χ3v) is 11.4. The Morgan fingerprint density at radius 1 is 1.08 bits per heavy atom. The SMILES string of the molecule is CC(C(=O)O)N(C)C(=O)OCC1c2ccccc2-c2ccccc21.CNC(=O)CCC1(C)O[C@H]1CC1C[C@](O)(C/C=C/C=C(\C)Cc2ccc(Cl)c(OC)c2)NC(=O)O1.CO. The average Bonchev–Trinajstić information content (AvgIpc) is 3.77. The summed E-state index contributed by atoms with van der Waals surface area (Å²) in [5, 5.41) is 32.7. The highest BCUT2D eigenvalue weighted by Gasteiger charge is 2.54. The van der Waals surface area contributed by atoms with Crippen LogP contribution < -0.4 is 15.4 Å². The molecule has 0 radical (unpaired) electrons. The number of halogens is 1. The van der Waals surface area contributed by atoms with Crippen LogP contribution in [0.15, 0.2) is 90.5 Å². The largest absolute Gasteiger partial charge is 0.495 e. The zero-order chi connectivity index (χ0) is 44.9. The minimum Gasteiger partial charge on any atom is -0.495 e. The van der Waals surface area contributed by atoms with Crippen molar-refractivity contribution in [2.75, 3.05) is 34.9 Å². The number of carbonyl (C=O) groups excluding carboxylic acids is 3. The number of benzene rings is 3. The predicted molar refractivity (Wildman–Crippen MR) is 231 cm³/mol. The van der Waals surface area contributed by atoms with E-state index in [1.165, 1.54) is 14.0 Å². The van der Waals surface area contributed by atoms with Gasteiger partial charge in [0, 0.05) is 52.8 Å². The number of carboxylic acid groups (broad SMARTS) is 1. The second-order valence-electron chi connectivity index (χ2n) is 15.4. The minimum atomic E-state index is -1.39. The lowest BCUT2D eigenvalue weighted by atomic mass is 9.92. The maximum absolute atomic E-state index is 12.1. The van der Waals surface area contributed by atoms with Crippen molar-refractivity contribution in [3.8, 4) is 16.9 Å². The zero-order valence-corrected chi connectivity index (χ0v) is 36.5. The van der Waals surface area contributed by atoms with E-state index in [9.17, 15) is 24.3 Å². The third-order valence-electron chi connectivity index (χ3n) is 11.0. The highest BCUT2D eigenvalue weighted by atomic mass is 35.5. The Balaban J connectivity index is 0.000000274. The first-order valence-corrected chi connectivity index (χ1v) is 20.4. The summed E-state index contributed by atoms with van der Waals surface area (Å²) in [7, 11) is 5.62. The molecule has 61 heavy (non-hydrogen) atoms. The number of hydrogen-bond acceptors (Lipinski definition) is 10. The van der Waals surface area contributed by atoms with Crippen LogP contribution in [0, 0.1) is 0 Å². The summed E-state index contributed by atoms with van der Waals surface area (Å²) in [5.41, 5.74) is 4.96. The van der Waals surface area contributed by atoms with E-state index in [4.69, 9.17) is 40.8 Å². The molecule has 3 amide bonds. The number of likely N-dealkylation sites (N-methyl/N-ethyl adjacent to an activating group) is 1. The van der Waals surface area contributed by atoms with Gasteiger partial charge >= 0.3 is 18.2 Å². The smallest absolute Gasteiger partial charge is 0.410 e. The summed E-state index contributed by atoms with van der Waals surface area (Å²) >= 11 is 6.08. The molecule has 3 aliphatic rings. The van der Waals surface area contributed by atoms with Gasteiger partial charge in [0.25, 0.3) is 0 Å². The summed E-state index contributed by atoms with van der Waals surface area (Å²) in [6, 6.07) is 20.9. The number of ether oxygens (including phenoxy) is 4. The van der Waals surface area contributed by atoms with Gasteiger partial charge in [-0.3, -0.25) is 15.0 Å². The van der Waals surface area contributed by atoms with Crippen molar-refractivity contribution in [1.29, 1.82) is 0 Å². The molecule has 2 saturated heterocycles. The Morgan fingerprint density at radius 2 is 1.72 bits per heavy atom. The van der Waals surface area contributed by atoms with Gasteiger partial charge in [-0.1, -0.05) is 90.0 Å². The Morgan fingerprint density at radius 3 is 2.33 bits per heavy atom. The van der Waals surface area contributed by atoms with Gasteiger partial charge in [0.1, 0.15) is 30.2 Å². The molecule has 2 heterocycles. The van der Waals surface area contributed by atoms with Gasteiger partial charge in [-0.2, -0.15) is 0 Å². The number of aliphatic hydroxyl groups excluding tert-OH is 1. The van der Waals surface area contributed by atoms with Gasteiger partial charge in [0.15, 0.2) is 0 Å². The topological polar surface area (TPSA) is 196 Å². The number of carbonyl (C=O) groups is 4. The predicted octanol–water partition coefficient (Wildman–Crippen LogP) is 6.99. The molecule has 330 valence electrons. The summed E-state index contributed by atoms with van der Waals surface area (Å²) in [4.78, 5) is 47.8. The van der Waals surface area contributed by atoms with E-state index in [1.807, 2.05) is 86.7 Å². The number of rotatable bonds is 15. The number of fused-ring (bicyclic) bond motifs is 3. The van der Waals surface area contributed by atoms with Crippen molar-refractivity contribution >= 4 is 35.7 Å². The van der Waals surface area contributed by atoms with Crippen LogP contribution in [0.5, 0.6) is 5.75 Å². The van der Waals surface area contributed by atoms with Crippen LogP contribution in [0.2, 0.25) is 5.02 Å². The molecular weight excluding hydrogens is 806 g/mol. The number of aliphatic hydroxyl groups is 2. The van der Waals surface area contributed by atoms with Crippen LogP contribution in [0.25, 0.3) is 11.1 Å². The van der Waals surface area contributed by atoms with Gasteiger partial charge in [0.2, 0.25) is 5.91 Å². The second kappa shape index (κ2) is 21.9. The third kappa shape index (κ3) is 13.0. The number of hydrogen-bond donors (Lipinski definition) is 5. The fourth-order valence-corrected chi connectivity index (χ4v) is 7.54. The van der Waals surface area contributed by atoms with Gasteiger partial charge in [-0.05, 0) is 73.6 Å². The fourth-order valence-electron chi connectivity index (χ4n) is 7.35. The molecule has 3 unspecified atom stereocenters. The van der Waals surface area contributed by atoms with Crippen molar-refractivity contribution < 1.29 is 53.4 Å². The highest BCUT2D eigenvalue weighted by molar-refractivity contribution is 6.32. The normalized spacial score (nSPS) is 21.8. The van der Waals surface area contributed by atoms with E-state index >= 15 is 0 Å². The van der Waals surface area contributed by atoms with Crippen LogP contribution in [-0.4, -0.2) is 109 Å². The maximum atomic E-state index is 12.1. The molecule has 15 heteroatoms. The number of carboxylic acids is 1. The number of amides is 3. The van der Waals surface area contributed by atoms with Crippen LogP contribution in [0.1, 0.15) is 75.5 Å². The molecule has 2 aliphatic heterocycles. The maximum Gasteiger partial charge on any atom is 0.410 e. The number of aliphatic carboxylic acids is 1. The molecule has 0 bridgehead atoms. The fraction of sp³-hybridized carbons (Fsp3) is 0.435. The number of alkyl carbamates (subject to hydrolysis) is 1. The van der Waals surface area contributed by atoms with E-state index < -0.39 is 41.6 Å². The quantitative estimate of drug-likeness (QED) is 0.0780. The Bertz CT molecular complexity index is 2030. The molecule has 1 aliphatic carbocycles. The van der Waals surface area contributed by atoms with E-state index in [-0.39, 0.29) is 37.4 Å². The molecule has 5 N–H and O–H groups in total. The van der Waals surface area contributed by atoms with Crippen molar-refractivity contribution in [3.63, 3.8) is 0 Å². The van der Waals surface area contributed by atoms with Gasteiger partial charge in [-0.25, -0.2) is 14.4 Å². The number of cyclic esters (lactones) is 1. The number of nitrogens with one attached hydrogen (secondary N) is 2. The van der Waals surface area contributed by atoms with Crippen molar-refractivity contribution in [1.82, 2.24) is 15.5 Å². The average molecular weight is 864 g/mol. The zero-order valence-electron chi connectivity index (χ0n) is 35.8. The van der Waals surface area contributed by atoms with Crippen molar-refractivity contribution in [3.05, 3.63) is 112 Å². The molecule has 3 aromatic carbocycles. The van der Waals surface area contributed by atoms with Crippen LogP contribution in [0.3, 0.4) is 0 Å². The van der Waals surface area contributed by atoms with E-state index in [2.05, 4.69) is 22.8 Å². The molecule has 0 saturated carbocycles. The second-order valence-corrected chi connectivity index (χ2v) is 15.8. The molecule has 14 nitrogen and oxygen atoms in total. The van der Waals surface area contributed by atoms with Crippen LogP contribution in [0.4, 0.5) is 9.59 Å². The first-order chi connectivity index (χ1) is 29.1. The van der Waals surface area contributed by atoms with Gasteiger partial charge in [0.05, 0.1) is 23.8 Å². The summed E-state index contributed by atoms with van der Waals surface area (Å²) in [6.45, 7) is 5.60. The molecule has 5 atom stereocenters. The lowest BCUT2D eigenvalue weighted by molar-refractivity contribution is -0.141. The Labute approximate surface area is 362 Å². The first-order valence-electron chi connectivity index (χ1n) is 20.1. The van der Waals surface area contributed by atoms with E-state index in [0.717, 1.165) is 51.8 Å². The van der Waals surface area contributed by atoms with Crippen molar-refractivity contribution in [2.45, 2.75) is 94.8 Å². The lowest BCUT2D eigenvalue weighted by Crippen LogP contribution is -2.56. The number of epoxide rings is 1. The highest BCUT2D eigenvalue weighted by Crippen LogP contribution is 2.45. The van der Waals surface area contributed by atoms with Gasteiger partial charge in [-0.15, -0.1) is 0 Å². The molecular formula is C46H58ClN3O11. The minimum absolute atomic E-state index is 0.0325. The summed E-state index contributed by atoms with van der Waals surface area (Å²) < 4.78 is 21.8. The monoisotopic (exact) mass is 863 g/mol. The Hall–Kier alpha value is -5.41. The standard InChI is InChI=1S/C26H35ClN2O6.C19H19NO4.CH4O/c1-17(13-18-8-9-20(27)21(14-18)33-4)7-5-6-11-26(32)16-19(34-24(31)29-26)15-22-25(2,35-22)12-10-23(30)28-3;1-12(18(21)22)20(2)19(23)24-11-17-15-9-5-3-7-13(15)14-8-4-6-10-16(14)17;1-2/h5-9,14,19,22,32H,10-13,15-16H2,1-4H3,(H,28,30)(H,29,31);3-10,12,17H,11H2,1-2H3,(H,21,22);2H,1H3/b6-5+,17-7+;;/t19?,22-,25?,26+;;/m0../s1. The summed E-state index contributed by atoms with van der Waals surface area (Å²) in [6.07, 6.45) is 6.50. The number of nitrogens with zero attached hydrogens (tertiary/aromatic N) is 1. The molecule has 0 spiro atoms. The molecule has 0 aromatic heterocycles. The number of methoxy groups -OCH3 is 1. The number of allylic oxidation sites excluding steroid dienone is 3. The first kappa shape index (κ1) is 48.3. The Kier molecular flexibility index (Phi) is 17.3. The van der Waals surface area contributed by atoms with Crippen molar-refractivity contribution in [2.24, 2.45) is 0 Å². The van der Waals surface area contributed by atoms with E-state index in [1.54, 1.807) is 14.2 Å². The molecule has 6 rings (SSSR count). The lowest BCUT2D eigenvalue weighted by Gasteiger charge is -2.36. The van der Waals surface area contributed by atoms with Crippen LogP contribution in [-0.2, 0) is 30.2 Å². The molecule has 3 aromatic rings. The van der Waals surface area contributed by atoms with Gasteiger partial charge < -0.3 is 39.6 Å². The molecule has 2 fully saturated rings. The summed E-state index contributed by atoms with van der Waals surface area (Å²) in [5.74, 6) is -0.490. The van der Waals surface area contributed by atoms with Crippen LogP contribution >= 0.6 is 11.6 Å².